The summed E-state index contributed by atoms with van der Waals surface area (Å²) < 4.78 is 0.987. The van der Waals surface area contributed by atoms with Crippen molar-refractivity contribution in [3.63, 3.8) is 0 Å². The zero-order valence-electron chi connectivity index (χ0n) is 15.0. The molecule has 0 aliphatic carbocycles. The summed E-state index contributed by atoms with van der Waals surface area (Å²) in [6, 6.07) is 14.1. The van der Waals surface area contributed by atoms with Crippen molar-refractivity contribution in [2.24, 2.45) is 0 Å². The Kier molecular flexibility index (Phi) is 4.58. The van der Waals surface area contributed by atoms with Crippen LogP contribution in [0.1, 0.15) is 25.3 Å². The lowest BCUT2D eigenvalue weighted by Gasteiger charge is -2.11. The topological polar surface area (TPSA) is 77.6 Å². The van der Waals surface area contributed by atoms with E-state index in [9.17, 15) is 0 Å². The van der Waals surface area contributed by atoms with Crippen molar-refractivity contribution in [1.82, 2.24) is 19.9 Å². The molecular formula is C21H18BrN5. The van der Waals surface area contributed by atoms with Crippen LogP contribution in [-0.2, 0) is 0 Å². The van der Waals surface area contributed by atoms with Crippen molar-refractivity contribution >= 4 is 32.8 Å². The molecule has 6 heteroatoms. The lowest BCUT2D eigenvalue weighted by Crippen LogP contribution is -1.99. The van der Waals surface area contributed by atoms with Crippen LogP contribution in [0.25, 0.3) is 33.5 Å². The molecule has 3 aromatic heterocycles. The lowest BCUT2D eigenvalue weighted by molar-refractivity contribution is 0.858. The van der Waals surface area contributed by atoms with Gasteiger partial charge in [-0.2, -0.15) is 0 Å². The lowest BCUT2D eigenvalue weighted by atomic mass is 10.0. The highest BCUT2D eigenvalue weighted by molar-refractivity contribution is 9.10. The molecule has 0 spiro atoms. The minimum atomic E-state index is 0.414. The van der Waals surface area contributed by atoms with Gasteiger partial charge in [-0.15, -0.1) is 0 Å². The summed E-state index contributed by atoms with van der Waals surface area (Å²) in [4.78, 5) is 17.8. The van der Waals surface area contributed by atoms with Gasteiger partial charge >= 0.3 is 0 Å². The van der Waals surface area contributed by atoms with Crippen LogP contribution >= 0.6 is 15.9 Å². The quantitative estimate of drug-likeness (QED) is 0.492. The molecule has 27 heavy (non-hydrogen) atoms. The number of halogens is 1. The van der Waals surface area contributed by atoms with Crippen molar-refractivity contribution < 1.29 is 0 Å². The molecule has 4 aromatic rings. The number of benzene rings is 1. The fraction of sp³-hybridized carbons (Fsp3) is 0.143. The molecule has 2 N–H and O–H groups in total. The smallest absolute Gasteiger partial charge is 0.165 e. The standard InChI is InChI=1S/C21H18BrN5/c1-12(2)14-6-7-17(24-10-14)18-9-16(13-4-3-5-15(22)8-13)19-20(23)25-11-26-21(19)27-18/h3-12H,1-2H3,(H2,23,25,26,27). The number of hydrogen-bond acceptors (Lipinski definition) is 5. The normalized spacial score (nSPS) is 11.3. The van der Waals surface area contributed by atoms with E-state index in [1.165, 1.54) is 11.9 Å². The second kappa shape index (κ2) is 7.04. The largest absolute Gasteiger partial charge is 0.383 e. The van der Waals surface area contributed by atoms with Crippen LogP contribution < -0.4 is 5.73 Å². The van der Waals surface area contributed by atoms with Crippen LogP contribution in [0.2, 0.25) is 0 Å². The first-order valence-electron chi connectivity index (χ1n) is 8.66. The molecule has 0 saturated heterocycles. The van der Waals surface area contributed by atoms with E-state index >= 15 is 0 Å². The predicted molar refractivity (Wildman–Crippen MR) is 112 cm³/mol. The molecule has 0 atom stereocenters. The molecule has 1 aromatic carbocycles. The van der Waals surface area contributed by atoms with E-state index in [0.717, 1.165) is 32.4 Å². The van der Waals surface area contributed by atoms with Gasteiger partial charge in [0, 0.05) is 10.7 Å². The van der Waals surface area contributed by atoms with E-state index in [-0.39, 0.29) is 0 Å². The number of hydrogen-bond donors (Lipinski definition) is 1. The van der Waals surface area contributed by atoms with E-state index in [2.05, 4.69) is 55.8 Å². The Balaban J connectivity index is 1.95. The van der Waals surface area contributed by atoms with Gasteiger partial charge in [0.2, 0.25) is 0 Å². The molecule has 0 radical (unpaired) electrons. The van der Waals surface area contributed by atoms with Gasteiger partial charge in [0.15, 0.2) is 5.65 Å². The van der Waals surface area contributed by atoms with Crippen LogP contribution in [0.5, 0.6) is 0 Å². The van der Waals surface area contributed by atoms with Gasteiger partial charge in [0.1, 0.15) is 12.1 Å². The first-order chi connectivity index (χ1) is 13.0. The van der Waals surface area contributed by atoms with E-state index in [1.54, 1.807) is 0 Å². The van der Waals surface area contributed by atoms with E-state index in [0.29, 0.717) is 17.4 Å². The summed E-state index contributed by atoms with van der Waals surface area (Å²) in [6.07, 6.45) is 3.34. The number of nitrogen functional groups attached to an aromatic ring is 1. The molecular weight excluding hydrogens is 402 g/mol. The van der Waals surface area contributed by atoms with E-state index in [4.69, 9.17) is 5.73 Å². The molecule has 3 heterocycles. The van der Waals surface area contributed by atoms with Crippen LogP contribution in [0, 0.1) is 0 Å². The average molecular weight is 420 g/mol. The van der Waals surface area contributed by atoms with Gasteiger partial charge in [-0.3, -0.25) is 4.98 Å². The number of nitrogens with zero attached hydrogens (tertiary/aromatic N) is 4. The number of nitrogens with two attached hydrogens (primary N) is 1. The summed E-state index contributed by atoms with van der Waals surface area (Å²) >= 11 is 3.54. The molecule has 0 saturated carbocycles. The highest BCUT2D eigenvalue weighted by Gasteiger charge is 2.14. The van der Waals surface area contributed by atoms with E-state index in [1.807, 2.05) is 42.6 Å². The molecule has 134 valence electrons. The third-order valence-corrected chi connectivity index (χ3v) is 4.98. The monoisotopic (exact) mass is 419 g/mol. The van der Waals surface area contributed by atoms with Gasteiger partial charge in [-0.05, 0) is 46.9 Å². The van der Waals surface area contributed by atoms with Crippen molar-refractivity contribution in [2.45, 2.75) is 19.8 Å². The predicted octanol–water partition coefficient (Wildman–Crippen LogP) is 5.22. The maximum absolute atomic E-state index is 6.16. The van der Waals surface area contributed by atoms with Crippen LogP contribution in [0.15, 0.2) is 59.5 Å². The summed E-state index contributed by atoms with van der Waals surface area (Å²) in [6.45, 7) is 4.30. The Morgan fingerprint density at radius 2 is 1.81 bits per heavy atom. The second-order valence-electron chi connectivity index (χ2n) is 6.65. The summed E-state index contributed by atoms with van der Waals surface area (Å²) in [7, 11) is 0. The highest BCUT2D eigenvalue weighted by Crippen LogP contribution is 2.34. The molecule has 0 fully saturated rings. The summed E-state index contributed by atoms with van der Waals surface area (Å²) in [5.41, 5.74) is 11.4. The molecule has 0 bridgehead atoms. The highest BCUT2D eigenvalue weighted by atomic mass is 79.9. The number of pyridine rings is 2. The number of fused-ring (bicyclic) bond motifs is 1. The average Bonchev–Trinajstić information content (AvgIpc) is 2.67. The SMILES string of the molecule is CC(C)c1ccc(-c2cc(-c3cccc(Br)c3)c3c(N)ncnc3n2)nc1. The second-order valence-corrected chi connectivity index (χ2v) is 7.57. The summed E-state index contributed by atoms with van der Waals surface area (Å²) in [5, 5.41) is 0.748. The van der Waals surface area contributed by atoms with Gasteiger partial charge in [-0.25, -0.2) is 15.0 Å². The maximum atomic E-state index is 6.16. The van der Waals surface area contributed by atoms with Gasteiger partial charge in [0.05, 0.1) is 16.8 Å². The Morgan fingerprint density at radius 3 is 2.52 bits per heavy atom. The Hall–Kier alpha value is -2.86. The summed E-state index contributed by atoms with van der Waals surface area (Å²) in [5.74, 6) is 0.845. The molecule has 0 aliphatic rings. The Labute approximate surface area is 165 Å². The van der Waals surface area contributed by atoms with Gasteiger partial charge < -0.3 is 5.73 Å². The zero-order chi connectivity index (χ0) is 19.0. The minimum absolute atomic E-state index is 0.414. The van der Waals surface area contributed by atoms with E-state index < -0.39 is 0 Å². The Morgan fingerprint density at radius 1 is 0.963 bits per heavy atom. The van der Waals surface area contributed by atoms with Gasteiger partial charge in [-0.1, -0.05) is 48.0 Å². The molecule has 0 aliphatic heterocycles. The van der Waals surface area contributed by atoms with Crippen molar-refractivity contribution in [3.05, 3.63) is 65.0 Å². The third kappa shape index (κ3) is 3.40. The molecule has 4 rings (SSSR count). The van der Waals surface area contributed by atoms with Crippen LogP contribution in [0.3, 0.4) is 0 Å². The van der Waals surface area contributed by atoms with Crippen LogP contribution in [-0.4, -0.2) is 19.9 Å². The molecule has 0 unspecified atom stereocenters. The van der Waals surface area contributed by atoms with Gasteiger partial charge in [0.25, 0.3) is 0 Å². The Bertz CT molecular complexity index is 1120. The van der Waals surface area contributed by atoms with Crippen LogP contribution in [0.4, 0.5) is 5.82 Å². The maximum Gasteiger partial charge on any atom is 0.165 e. The first kappa shape index (κ1) is 17.5. The fourth-order valence-electron chi connectivity index (χ4n) is 3.00. The van der Waals surface area contributed by atoms with Crippen molar-refractivity contribution in [2.75, 3.05) is 5.73 Å². The van der Waals surface area contributed by atoms with Crippen molar-refractivity contribution in [1.29, 1.82) is 0 Å². The fourth-order valence-corrected chi connectivity index (χ4v) is 3.40. The number of rotatable bonds is 3. The molecule has 0 amide bonds. The zero-order valence-corrected chi connectivity index (χ0v) is 16.6. The van der Waals surface area contributed by atoms with Crippen molar-refractivity contribution in [3.8, 4) is 22.5 Å². The molecule has 5 nitrogen and oxygen atoms in total. The first-order valence-corrected chi connectivity index (χ1v) is 9.45. The number of anilines is 1. The minimum Gasteiger partial charge on any atom is -0.383 e. The number of aromatic nitrogens is 4. The third-order valence-electron chi connectivity index (χ3n) is 4.48.